The Morgan fingerprint density at radius 3 is 2.07 bits per heavy atom. The van der Waals surface area contributed by atoms with Gasteiger partial charge < -0.3 is 24.3 Å². The zero-order valence-electron chi connectivity index (χ0n) is 27.0. The van der Waals surface area contributed by atoms with Crippen molar-refractivity contribution in [1.29, 1.82) is 0 Å². The Kier molecular flexibility index (Phi) is 11.7. The number of rotatable bonds is 12. The van der Waals surface area contributed by atoms with Crippen molar-refractivity contribution >= 4 is 40.0 Å². The van der Waals surface area contributed by atoms with Crippen molar-refractivity contribution in [2.45, 2.75) is 91.1 Å². The van der Waals surface area contributed by atoms with Crippen LogP contribution in [-0.2, 0) is 53.3 Å². The van der Waals surface area contributed by atoms with Crippen molar-refractivity contribution in [2.75, 3.05) is 17.6 Å². The summed E-state index contributed by atoms with van der Waals surface area (Å²) in [4.78, 5) is 50.2. The number of sulfonamides is 1. The smallest absolute Gasteiger partial charge is 0.408 e. The number of amides is 1. The highest BCUT2D eigenvalue weighted by Crippen LogP contribution is 2.25. The molecule has 11 nitrogen and oxygen atoms in total. The van der Waals surface area contributed by atoms with E-state index in [1.54, 1.807) is 53.7 Å². The molecule has 2 aromatic carbocycles. The number of anilines is 1. The fourth-order valence-corrected chi connectivity index (χ4v) is 4.61. The summed E-state index contributed by atoms with van der Waals surface area (Å²) in [5.41, 5.74) is -1.04. The number of ether oxygens (including phenoxy) is 3. The Labute approximate surface area is 260 Å². The fraction of sp³-hybridized carbons (Fsp3) is 0.500. The second-order valence-electron chi connectivity index (χ2n) is 12.9. The normalized spacial score (nSPS) is 13.3. The molecular formula is C32H44N2O9S. The van der Waals surface area contributed by atoms with Gasteiger partial charge in [-0.25, -0.2) is 22.8 Å². The lowest BCUT2D eigenvalue weighted by atomic mass is 9.91. The molecule has 0 spiro atoms. The summed E-state index contributed by atoms with van der Waals surface area (Å²) in [7, 11) is -2.35. The third-order valence-corrected chi connectivity index (χ3v) is 7.38. The summed E-state index contributed by atoms with van der Waals surface area (Å²) in [6, 6.07) is 11.6. The highest BCUT2D eigenvalue weighted by Gasteiger charge is 2.38. The van der Waals surface area contributed by atoms with Crippen LogP contribution in [0.1, 0.15) is 81.9 Å². The molecule has 0 saturated carbocycles. The van der Waals surface area contributed by atoms with E-state index < -0.39 is 44.8 Å². The molecule has 0 bridgehead atoms. The van der Waals surface area contributed by atoms with Crippen LogP contribution in [0.2, 0.25) is 0 Å². The maximum Gasteiger partial charge on any atom is 0.408 e. The molecule has 2 aromatic rings. The lowest BCUT2D eigenvalue weighted by Crippen LogP contribution is -2.55. The van der Waals surface area contributed by atoms with Gasteiger partial charge in [-0.3, -0.25) is 4.31 Å². The van der Waals surface area contributed by atoms with Gasteiger partial charge in [0.15, 0.2) is 0 Å². The Morgan fingerprint density at radius 2 is 1.50 bits per heavy atom. The quantitative estimate of drug-likeness (QED) is 0.199. The maximum absolute atomic E-state index is 13.6. The summed E-state index contributed by atoms with van der Waals surface area (Å²) >= 11 is 0. The van der Waals surface area contributed by atoms with Crippen molar-refractivity contribution in [3.63, 3.8) is 0 Å². The first-order chi connectivity index (χ1) is 20.1. The van der Waals surface area contributed by atoms with Gasteiger partial charge in [0.25, 0.3) is 0 Å². The summed E-state index contributed by atoms with van der Waals surface area (Å²) in [6.07, 6.45) is 1.94. The zero-order chi connectivity index (χ0) is 33.5. The van der Waals surface area contributed by atoms with E-state index in [9.17, 15) is 27.6 Å². The molecule has 0 aliphatic carbocycles. The van der Waals surface area contributed by atoms with E-state index in [2.05, 4.69) is 5.32 Å². The predicted octanol–water partition coefficient (Wildman–Crippen LogP) is 4.74. The van der Waals surface area contributed by atoms with Gasteiger partial charge in [-0.15, -0.1) is 0 Å². The monoisotopic (exact) mass is 632 g/mol. The molecule has 44 heavy (non-hydrogen) atoms. The van der Waals surface area contributed by atoms with Gasteiger partial charge in [0.05, 0.1) is 17.5 Å². The summed E-state index contributed by atoms with van der Waals surface area (Å²) in [5.74, 6) is -1.47. The lowest BCUT2D eigenvalue weighted by molar-refractivity contribution is -0.152. The zero-order valence-corrected chi connectivity index (χ0v) is 27.8. The van der Waals surface area contributed by atoms with Gasteiger partial charge in [-0.2, -0.15) is 0 Å². The maximum atomic E-state index is 13.6. The Bertz CT molecular complexity index is 1470. The van der Waals surface area contributed by atoms with E-state index in [-0.39, 0.29) is 24.3 Å². The Hall–Kier alpha value is -3.93. The summed E-state index contributed by atoms with van der Waals surface area (Å²) in [6.45, 7) is 11.4. The first kappa shape index (κ1) is 36.3. The SMILES string of the molecule is CN(c1cc(COC(=O)C(C)(Cc2cccc(CCC=O)c2)NC(=O)OC(C)(C)C)cc(C(=O)OC(C)(C)C)c1)S(C)(=O)=O. The predicted molar refractivity (Wildman–Crippen MR) is 167 cm³/mol. The van der Waals surface area contributed by atoms with Crippen molar-refractivity contribution in [2.24, 2.45) is 0 Å². The topological polar surface area (TPSA) is 145 Å². The number of alkyl carbamates (subject to hydrolysis) is 1. The molecule has 242 valence electrons. The molecule has 0 aliphatic rings. The average Bonchev–Trinajstić information content (AvgIpc) is 2.87. The van der Waals surface area contributed by atoms with Crippen molar-refractivity contribution < 1.29 is 41.8 Å². The van der Waals surface area contributed by atoms with E-state index >= 15 is 0 Å². The highest BCUT2D eigenvalue weighted by atomic mass is 32.2. The molecule has 0 saturated heterocycles. The number of hydrogen-bond acceptors (Lipinski definition) is 9. The molecule has 0 fully saturated rings. The number of benzene rings is 2. The van der Waals surface area contributed by atoms with Crippen molar-refractivity contribution in [3.05, 3.63) is 64.7 Å². The number of carbonyl (C=O) groups excluding carboxylic acids is 4. The number of nitrogens with zero attached hydrogens (tertiary/aromatic N) is 1. The summed E-state index contributed by atoms with van der Waals surface area (Å²) < 4.78 is 42.1. The Morgan fingerprint density at radius 1 is 0.886 bits per heavy atom. The molecule has 1 N–H and O–H groups in total. The fourth-order valence-electron chi connectivity index (χ4n) is 4.12. The van der Waals surface area contributed by atoms with Crippen LogP contribution in [-0.4, -0.2) is 62.8 Å². The lowest BCUT2D eigenvalue weighted by Gasteiger charge is -2.30. The third-order valence-electron chi connectivity index (χ3n) is 6.17. The van der Waals surface area contributed by atoms with Gasteiger partial charge in [-0.1, -0.05) is 24.3 Å². The van der Waals surface area contributed by atoms with Crippen LogP contribution < -0.4 is 9.62 Å². The second-order valence-corrected chi connectivity index (χ2v) is 14.9. The molecule has 0 aromatic heterocycles. The average molecular weight is 633 g/mol. The van der Waals surface area contributed by atoms with E-state index in [4.69, 9.17) is 14.2 Å². The summed E-state index contributed by atoms with van der Waals surface area (Å²) in [5, 5.41) is 2.65. The van der Waals surface area contributed by atoms with Crippen molar-refractivity contribution in [1.82, 2.24) is 5.32 Å². The molecule has 12 heteroatoms. The number of esters is 2. The van der Waals surface area contributed by atoms with Crippen LogP contribution in [0, 0.1) is 0 Å². The molecule has 1 amide bonds. The van der Waals surface area contributed by atoms with Crippen LogP contribution in [0.15, 0.2) is 42.5 Å². The van der Waals surface area contributed by atoms with Gasteiger partial charge in [0.1, 0.15) is 29.6 Å². The number of carbonyl (C=O) groups is 4. The highest BCUT2D eigenvalue weighted by molar-refractivity contribution is 7.92. The van der Waals surface area contributed by atoms with Crippen LogP contribution in [0.5, 0.6) is 0 Å². The number of aryl methyl sites for hydroxylation is 1. The van der Waals surface area contributed by atoms with E-state index in [1.807, 2.05) is 12.1 Å². The minimum absolute atomic E-state index is 0.0417. The molecule has 0 aliphatic heterocycles. The van der Waals surface area contributed by atoms with Gasteiger partial charge >= 0.3 is 18.0 Å². The standard InChI is InChI=1S/C32H44N2O9S/c1-30(2,3)42-27(36)25-17-24(18-26(19-25)34(8)44(9,39)40)21-41-28(37)32(7,33-29(38)43-31(4,5)6)20-23-13-10-12-22(16-23)14-11-15-35/h10,12-13,15-19H,11,14,20-21H2,1-9H3,(H,33,38). The number of hydrogen-bond donors (Lipinski definition) is 1. The molecule has 0 radical (unpaired) electrons. The number of nitrogens with one attached hydrogen (secondary N) is 1. The van der Waals surface area contributed by atoms with Gasteiger partial charge in [0.2, 0.25) is 10.0 Å². The van der Waals surface area contributed by atoms with Crippen LogP contribution in [0.3, 0.4) is 0 Å². The minimum Gasteiger partial charge on any atom is -0.459 e. The first-order valence-electron chi connectivity index (χ1n) is 14.1. The molecule has 0 heterocycles. The van der Waals surface area contributed by atoms with Crippen LogP contribution in [0.25, 0.3) is 0 Å². The molecular weight excluding hydrogens is 588 g/mol. The van der Waals surface area contributed by atoms with Crippen LogP contribution >= 0.6 is 0 Å². The van der Waals surface area contributed by atoms with E-state index in [0.29, 0.717) is 24.0 Å². The van der Waals surface area contributed by atoms with Gasteiger partial charge in [0, 0.05) is 19.9 Å². The largest absolute Gasteiger partial charge is 0.459 e. The molecule has 1 unspecified atom stereocenters. The first-order valence-corrected chi connectivity index (χ1v) is 16.0. The van der Waals surface area contributed by atoms with Gasteiger partial charge in [-0.05, 0) is 89.8 Å². The second kappa shape index (κ2) is 14.2. The molecule has 2 rings (SSSR count). The molecule has 1 atom stereocenters. The van der Waals surface area contributed by atoms with Crippen molar-refractivity contribution in [3.8, 4) is 0 Å². The van der Waals surface area contributed by atoms with Crippen LogP contribution in [0.4, 0.5) is 10.5 Å². The third kappa shape index (κ3) is 11.6. The van der Waals surface area contributed by atoms with E-state index in [1.165, 1.54) is 32.2 Å². The minimum atomic E-state index is -3.68. The number of aldehydes is 1. The Balaban J connectivity index is 2.44. The van der Waals surface area contributed by atoms with E-state index in [0.717, 1.165) is 22.4 Å².